The molecule has 2 N–H and O–H groups in total. The summed E-state index contributed by atoms with van der Waals surface area (Å²) in [6.07, 6.45) is 1.66. The lowest BCUT2D eigenvalue weighted by Gasteiger charge is -2.28. The Labute approximate surface area is 117 Å². The zero-order valence-corrected chi connectivity index (χ0v) is 11.8. The van der Waals surface area contributed by atoms with Gasteiger partial charge < -0.3 is 15.2 Å². The number of hydrogen-bond acceptors (Lipinski definition) is 4. The summed E-state index contributed by atoms with van der Waals surface area (Å²) in [5.74, 6) is -1.10. The van der Waals surface area contributed by atoms with Gasteiger partial charge in [-0.1, -0.05) is 6.07 Å². The first-order valence-corrected chi connectivity index (χ1v) is 6.43. The Hall–Kier alpha value is -2.11. The van der Waals surface area contributed by atoms with Crippen LogP contribution in [0.25, 0.3) is 0 Å². The van der Waals surface area contributed by atoms with E-state index in [4.69, 9.17) is 4.74 Å². The molecule has 1 heterocycles. The molecule has 1 aliphatic rings. The highest BCUT2D eigenvalue weighted by molar-refractivity contribution is 5.87. The van der Waals surface area contributed by atoms with E-state index in [-0.39, 0.29) is 6.42 Å². The van der Waals surface area contributed by atoms with Gasteiger partial charge in [0.05, 0.1) is 0 Å². The number of aromatic nitrogens is 1. The van der Waals surface area contributed by atoms with Crippen LogP contribution in [-0.4, -0.2) is 27.8 Å². The summed E-state index contributed by atoms with van der Waals surface area (Å²) in [4.78, 5) is 27.8. The van der Waals surface area contributed by atoms with Gasteiger partial charge in [-0.3, -0.25) is 4.98 Å². The molecule has 0 aliphatic heterocycles. The van der Waals surface area contributed by atoms with Gasteiger partial charge in [-0.2, -0.15) is 0 Å². The SMILES string of the molecule is CC(C)(C)OC(=O)NC1(C(=O)O)CCc2ncccc21. The number of alkyl carbamates (subject to hydrolysis) is 1. The third-order valence-electron chi connectivity index (χ3n) is 3.17. The number of hydrogen-bond donors (Lipinski definition) is 2. The largest absolute Gasteiger partial charge is 0.479 e. The number of aryl methyl sites for hydroxylation is 1. The molecular weight excluding hydrogens is 260 g/mol. The molecule has 1 aromatic heterocycles. The molecule has 1 atom stereocenters. The first kappa shape index (κ1) is 14.3. The molecule has 6 nitrogen and oxygen atoms in total. The van der Waals surface area contributed by atoms with Crippen molar-refractivity contribution in [2.24, 2.45) is 0 Å². The average molecular weight is 278 g/mol. The number of pyridine rings is 1. The Balaban J connectivity index is 2.30. The van der Waals surface area contributed by atoms with E-state index in [1.54, 1.807) is 39.1 Å². The smallest absolute Gasteiger partial charge is 0.408 e. The second-order valence-electron chi connectivity index (χ2n) is 5.84. The second kappa shape index (κ2) is 4.77. The Morgan fingerprint density at radius 1 is 1.45 bits per heavy atom. The maximum absolute atomic E-state index is 11.9. The topological polar surface area (TPSA) is 88.5 Å². The third-order valence-corrected chi connectivity index (χ3v) is 3.17. The van der Waals surface area contributed by atoms with Gasteiger partial charge in [0.25, 0.3) is 0 Å². The van der Waals surface area contributed by atoms with Crippen molar-refractivity contribution in [2.75, 3.05) is 0 Å². The van der Waals surface area contributed by atoms with E-state index in [1.807, 2.05) is 0 Å². The summed E-state index contributed by atoms with van der Waals surface area (Å²) in [5.41, 5.74) is -0.907. The third kappa shape index (κ3) is 2.59. The molecule has 0 radical (unpaired) electrons. The number of amides is 1. The summed E-state index contributed by atoms with van der Waals surface area (Å²) in [6.45, 7) is 5.18. The van der Waals surface area contributed by atoms with Crippen molar-refractivity contribution in [1.82, 2.24) is 10.3 Å². The first-order valence-electron chi connectivity index (χ1n) is 6.43. The van der Waals surface area contributed by atoms with Gasteiger partial charge in [-0.25, -0.2) is 9.59 Å². The molecule has 0 aromatic carbocycles. The number of carboxylic acids is 1. The van der Waals surface area contributed by atoms with Gasteiger partial charge in [-0.05, 0) is 39.7 Å². The van der Waals surface area contributed by atoms with E-state index in [0.717, 1.165) is 0 Å². The minimum absolute atomic E-state index is 0.272. The van der Waals surface area contributed by atoms with Crippen molar-refractivity contribution in [1.29, 1.82) is 0 Å². The van der Waals surface area contributed by atoms with Gasteiger partial charge in [0, 0.05) is 17.5 Å². The summed E-state index contributed by atoms with van der Waals surface area (Å²) in [7, 11) is 0. The Kier molecular flexibility index (Phi) is 3.41. The van der Waals surface area contributed by atoms with E-state index < -0.39 is 23.2 Å². The number of carbonyl (C=O) groups is 2. The van der Waals surface area contributed by atoms with Crippen LogP contribution in [0.1, 0.15) is 38.4 Å². The molecule has 2 rings (SSSR count). The van der Waals surface area contributed by atoms with E-state index in [9.17, 15) is 14.7 Å². The molecule has 20 heavy (non-hydrogen) atoms. The number of aliphatic carboxylic acids is 1. The predicted octanol–water partition coefficient (Wildman–Crippen LogP) is 1.83. The van der Waals surface area contributed by atoms with Gasteiger partial charge >= 0.3 is 12.1 Å². The molecule has 0 saturated carbocycles. The maximum Gasteiger partial charge on any atom is 0.408 e. The molecule has 0 fully saturated rings. The fourth-order valence-corrected chi connectivity index (χ4v) is 2.35. The summed E-state index contributed by atoms with van der Waals surface area (Å²) >= 11 is 0. The fourth-order valence-electron chi connectivity index (χ4n) is 2.35. The van der Waals surface area contributed by atoms with Crippen molar-refractivity contribution < 1.29 is 19.4 Å². The van der Waals surface area contributed by atoms with E-state index in [2.05, 4.69) is 10.3 Å². The predicted molar refractivity (Wildman–Crippen MR) is 71.2 cm³/mol. The minimum atomic E-state index is -1.45. The van der Waals surface area contributed by atoms with E-state index in [1.165, 1.54) is 0 Å². The average Bonchev–Trinajstić information content (AvgIpc) is 2.67. The van der Waals surface area contributed by atoms with Gasteiger partial charge in [0.15, 0.2) is 5.54 Å². The van der Waals surface area contributed by atoms with Crippen molar-refractivity contribution in [2.45, 2.75) is 44.8 Å². The molecule has 0 spiro atoms. The Morgan fingerprint density at radius 2 is 2.15 bits per heavy atom. The van der Waals surface area contributed by atoms with E-state index in [0.29, 0.717) is 17.7 Å². The van der Waals surface area contributed by atoms with E-state index >= 15 is 0 Å². The lowest BCUT2D eigenvalue weighted by Crippen LogP contribution is -2.51. The van der Waals surface area contributed by atoms with Crippen molar-refractivity contribution in [3.63, 3.8) is 0 Å². The molecule has 0 saturated heterocycles. The van der Waals surface area contributed by atoms with Gasteiger partial charge in [0.2, 0.25) is 0 Å². The summed E-state index contributed by atoms with van der Waals surface area (Å²) in [6, 6.07) is 3.35. The molecule has 1 unspecified atom stereocenters. The molecule has 1 aliphatic carbocycles. The molecule has 1 aromatic rings. The number of carbonyl (C=O) groups excluding carboxylic acids is 1. The summed E-state index contributed by atoms with van der Waals surface area (Å²) < 4.78 is 5.16. The highest BCUT2D eigenvalue weighted by Crippen LogP contribution is 2.36. The maximum atomic E-state index is 11.9. The lowest BCUT2D eigenvalue weighted by atomic mass is 9.93. The van der Waals surface area contributed by atoms with Crippen LogP contribution in [0.2, 0.25) is 0 Å². The molecule has 6 heteroatoms. The molecular formula is C14H18N2O4. The zero-order chi connectivity index (χ0) is 15.0. The van der Waals surface area contributed by atoms with Gasteiger partial charge in [0.1, 0.15) is 5.60 Å². The number of carboxylic acid groups (broad SMARTS) is 1. The first-order chi connectivity index (χ1) is 9.24. The van der Waals surface area contributed by atoms with Crippen molar-refractivity contribution in [3.05, 3.63) is 29.6 Å². The monoisotopic (exact) mass is 278 g/mol. The number of ether oxygens (including phenoxy) is 1. The molecule has 108 valence electrons. The standard InChI is InChI=1S/C14H18N2O4/c1-13(2,3)20-12(19)16-14(11(17)18)7-6-10-9(14)5-4-8-15-10/h4-5,8H,6-7H2,1-3H3,(H,16,19)(H,17,18). The quantitative estimate of drug-likeness (QED) is 0.861. The second-order valence-corrected chi connectivity index (χ2v) is 5.84. The van der Waals surface area contributed by atoms with Crippen LogP contribution in [-0.2, 0) is 21.5 Å². The van der Waals surface area contributed by atoms with Crippen LogP contribution in [0.3, 0.4) is 0 Å². The van der Waals surface area contributed by atoms with Crippen LogP contribution in [0.5, 0.6) is 0 Å². The molecule has 0 bridgehead atoms. The highest BCUT2D eigenvalue weighted by atomic mass is 16.6. The lowest BCUT2D eigenvalue weighted by molar-refractivity contribution is -0.145. The summed E-state index contributed by atoms with van der Waals surface area (Å²) in [5, 5.41) is 12.1. The molecule has 1 amide bonds. The Bertz CT molecular complexity index is 550. The van der Waals surface area contributed by atoms with Crippen LogP contribution in [0.4, 0.5) is 4.79 Å². The number of rotatable bonds is 2. The van der Waals surface area contributed by atoms with Crippen LogP contribution in [0, 0.1) is 0 Å². The van der Waals surface area contributed by atoms with Crippen LogP contribution >= 0.6 is 0 Å². The van der Waals surface area contributed by atoms with Crippen LogP contribution in [0.15, 0.2) is 18.3 Å². The van der Waals surface area contributed by atoms with Crippen molar-refractivity contribution in [3.8, 4) is 0 Å². The number of nitrogens with zero attached hydrogens (tertiary/aromatic N) is 1. The zero-order valence-electron chi connectivity index (χ0n) is 11.8. The van der Waals surface area contributed by atoms with Crippen molar-refractivity contribution >= 4 is 12.1 Å². The minimum Gasteiger partial charge on any atom is -0.479 e. The highest BCUT2D eigenvalue weighted by Gasteiger charge is 2.48. The fraction of sp³-hybridized carbons (Fsp3) is 0.500. The van der Waals surface area contributed by atoms with Crippen LogP contribution < -0.4 is 5.32 Å². The Morgan fingerprint density at radius 3 is 2.75 bits per heavy atom. The number of nitrogens with one attached hydrogen (secondary N) is 1. The number of fused-ring (bicyclic) bond motifs is 1. The van der Waals surface area contributed by atoms with Gasteiger partial charge in [-0.15, -0.1) is 0 Å². The normalized spacial score (nSPS) is 21.1.